The number of hydrogen-bond donors (Lipinski definition) is 0. The van der Waals surface area contributed by atoms with Crippen molar-refractivity contribution >= 4 is 0 Å². The van der Waals surface area contributed by atoms with Crippen molar-refractivity contribution in [3.8, 4) is 0 Å². The molecule has 1 fully saturated rings. The minimum Gasteiger partial charge on any atom is -0.445 e. The molecule has 1 atom stereocenters. The lowest BCUT2D eigenvalue weighted by atomic mass is 10.3. The molecule has 0 aliphatic carbocycles. The van der Waals surface area contributed by atoms with Crippen LogP contribution in [0.5, 0.6) is 0 Å². The fourth-order valence-electron chi connectivity index (χ4n) is 2.47. The summed E-state index contributed by atoms with van der Waals surface area (Å²) in [5.41, 5.74) is 1.22. The highest BCUT2D eigenvalue weighted by molar-refractivity contribution is 5.01. The van der Waals surface area contributed by atoms with Crippen LogP contribution in [0.1, 0.15) is 29.7 Å². The van der Waals surface area contributed by atoms with Crippen LogP contribution in [0.4, 0.5) is 0 Å². The molecular formula is C13H18N4O. The predicted octanol–water partition coefficient (Wildman–Crippen LogP) is 1.93. The smallest absolute Gasteiger partial charge is 0.208 e. The van der Waals surface area contributed by atoms with Gasteiger partial charge in [-0.05, 0) is 25.8 Å². The van der Waals surface area contributed by atoms with Crippen LogP contribution in [0.2, 0.25) is 0 Å². The van der Waals surface area contributed by atoms with E-state index < -0.39 is 0 Å². The molecule has 1 saturated heterocycles. The average molecular weight is 246 g/mol. The van der Waals surface area contributed by atoms with E-state index in [0.29, 0.717) is 6.04 Å². The second kappa shape index (κ2) is 4.57. The van der Waals surface area contributed by atoms with Crippen molar-refractivity contribution in [3.05, 3.63) is 35.8 Å². The van der Waals surface area contributed by atoms with E-state index in [1.54, 1.807) is 6.20 Å². The summed E-state index contributed by atoms with van der Waals surface area (Å²) >= 11 is 0. The Bertz CT molecular complexity index is 531. The molecule has 5 nitrogen and oxygen atoms in total. The van der Waals surface area contributed by atoms with Crippen LogP contribution < -0.4 is 0 Å². The van der Waals surface area contributed by atoms with Crippen LogP contribution in [0.3, 0.4) is 0 Å². The molecule has 2 aromatic heterocycles. The number of rotatable bonds is 3. The number of aryl methyl sites for hydroxylation is 2. The normalized spacial score (nSPS) is 20.7. The molecule has 3 heterocycles. The summed E-state index contributed by atoms with van der Waals surface area (Å²) in [6.45, 7) is 6.89. The first kappa shape index (κ1) is 11.5. The summed E-state index contributed by atoms with van der Waals surface area (Å²) in [6, 6.07) is 0.481. The van der Waals surface area contributed by atoms with Gasteiger partial charge in [0.1, 0.15) is 5.76 Å². The van der Waals surface area contributed by atoms with Crippen molar-refractivity contribution in [1.82, 2.24) is 19.7 Å². The van der Waals surface area contributed by atoms with Gasteiger partial charge in [0.25, 0.3) is 0 Å². The van der Waals surface area contributed by atoms with Gasteiger partial charge in [-0.1, -0.05) is 0 Å². The molecule has 3 rings (SSSR count). The molecule has 1 aliphatic heterocycles. The molecule has 1 aliphatic rings. The minimum absolute atomic E-state index is 0.481. The number of hydrogen-bond acceptors (Lipinski definition) is 4. The van der Waals surface area contributed by atoms with Crippen molar-refractivity contribution in [2.45, 2.75) is 32.9 Å². The molecule has 0 bridgehead atoms. The summed E-state index contributed by atoms with van der Waals surface area (Å²) in [6.07, 6.45) is 6.95. The van der Waals surface area contributed by atoms with E-state index in [2.05, 4.69) is 32.8 Å². The molecule has 0 aromatic carbocycles. The van der Waals surface area contributed by atoms with Crippen LogP contribution in [0.15, 0.2) is 23.0 Å². The molecule has 18 heavy (non-hydrogen) atoms. The molecule has 0 amide bonds. The van der Waals surface area contributed by atoms with Crippen LogP contribution in [-0.2, 0) is 6.54 Å². The topological polar surface area (TPSA) is 47.1 Å². The fourth-order valence-corrected chi connectivity index (χ4v) is 2.47. The number of oxazole rings is 1. The van der Waals surface area contributed by atoms with E-state index in [1.165, 1.54) is 5.56 Å². The molecule has 0 saturated carbocycles. The Labute approximate surface area is 106 Å². The quantitative estimate of drug-likeness (QED) is 0.830. The third kappa shape index (κ3) is 2.31. The van der Waals surface area contributed by atoms with E-state index in [4.69, 9.17) is 4.42 Å². The van der Waals surface area contributed by atoms with Crippen LogP contribution in [0, 0.1) is 13.8 Å². The summed E-state index contributed by atoms with van der Waals surface area (Å²) in [5.74, 6) is 1.69. The molecule has 0 radical (unpaired) electrons. The van der Waals surface area contributed by atoms with Gasteiger partial charge in [0, 0.05) is 19.3 Å². The maximum Gasteiger partial charge on any atom is 0.208 e. The Morgan fingerprint density at radius 2 is 2.28 bits per heavy atom. The summed E-state index contributed by atoms with van der Waals surface area (Å²) < 4.78 is 7.59. The number of nitrogens with zero attached hydrogens (tertiary/aromatic N) is 4. The Kier molecular flexibility index (Phi) is 2.91. The van der Waals surface area contributed by atoms with Gasteiger partial charge in [0.2, 0.25) is 5.89 Å². The summed E-state index contributed by atoms with van der Waals surface area (Å²) in [4.78, 5) is 6.62. The Morgan fingerprint density at radius 3 is 2.94 bits per heavy atom. The van der Waals surface area contributed by atoms with Gasteiger partial charge in [0.05, 0.1) is 25.0 Å². The second-order valence-corrected chi connectivity index (χ2v) is 5.04. The maximum atomic E-state index is 5.52. The second-order valence-electron chi connectivity index (χ2n) is 5.04. The Hall–Kier alpha value is -1.62. The highest BCUT2D eigenvalue weighted by atomic mass is 16.4. The lowest BCUT2D eigenvalue weighted by molar-refractivity contribution is 0.275. The third-order valence-electron chi connectivity index (χ3n) is 3.38. The third-order valence-corrected chi connectivity index (χ3v) is 3.38. The van der Waals surface area contributed by atoms with Gasteiger partial charge in [0.15, 0.2) is 0 Å². The van der Waals surface area contributed by atoms with Crippen molar-refractivity contribution in [3.63, 3.8) is 0 Å². The zero-order chi connectivity index (χ0) is 12.5. The molecule has 96 valence electrons. The van der Waals surface area contributed by atoms with Crippen LogP contribution in [0.25, 0.3) is 0 Å². The van der Waals surface area contributed by atoms with E-state index in [1.807, 2.05) is 13.1 Å². The largest absolute Gasteiger partial charge is 0.445 e. The average Bonchev–Trinajstić information content (AvgIpc) is 3.01. The summed E-state index contributed by atoms with van der Waals surface area (Å²) in [5, 5.41) is 4.39. The minimum atomic E-state index is 0.481. The number of likely N-dealkylation sites (tertiary alicyclic amines) is 1. The van der Waals surface area contributed by atoms with Gasteiger partial charge in [-0.2, -0.15) is 5.10 Å². The van der Waals surface area contributed by atoms with Crippen LogP contribution >= 0.6 is 0 Å². The van der Waals surface area contributed by atoms with Gasteiger partial charge in [-0.3, -0.25) is 9.58 Å². The highest BCUT2D eigenvalue weighted by Crippen LogP contribution is 2.22. The first-order valence-electron chi connectivity index (χ1n) is 6.35. The summed E-state index contributed by atoms with van der Waals surface area (Å²) in [7, 11) is 0. The van der Waals surface area contributed by atoms with Gasteiger partial charge >= 0.3 is 0 Å². The zero-order valence-corrected chi connectivity index (χ0v) is 10.8. The molecule has 2 aromatic rings. The molecule has 5 heteroatoms. The maximum absolute atomic E-state index is 5.52. The van der Waals surface area contributed by atoms with Crippen molar-refractivity contribution in [2.75, 3.05) is 13.1 Å². The van der Waals surface area contributed by atoms with E-state index in [-0.39, 0.29) is 0 Å². The number of aromatic nitrogens is 3. The Morgan fingerprint density at radius 1 is 1.39 bits per heavy atom. The molecule has 0 N–H and O–H groups in total. The van der Waals surface area contributed by atoms with E-state index in [9.17, 15) is 0 Å². The molecule has 1 unspecified atom stereocenters. The predicted molar refractivity (Wildman–Crippen MR) is 67.1 cm³/mol. The van der Waals surface area contributed by atoms with E-state index in [0.717, 1.165) is 37.7 Å². The van der Waals surface area contributed by atoms with Crippen LogP contribution in [-0.4, -0.2) is 32.8 Å². The zero-order valence-electron chi connectivity index (χ0n) is 10.8. The SMILES string of the molecule is Cc1cnn(C2CCN(Cc3ncc(C)o3)C2)c1. The monoisotopic (exact) mass is 246 g/mol. The standard InChI is InChI=1S/C13H18N4O/c1-10-5-15-17(7-10)12-3-4-16(8-12)9-13-14-6-11(2)18-13/h5-7,12H,3-4,8-9H2,1-2H3. The van der Waals surface area contributed by atoms with Gasteiger partial charge in [-0.15, -0.1) is 0 Å². The highest BCUT2D eigenvalue weighted by Gasteiger charge is 2.25. The van der Waals surface area contributed by atoms with Crippen molar-refractivity contribution < 1.29 is 4.42 Å². The molecular weight excluding hydrogens is 228 g/mol. The Balaban J connectivity index is 1.61. The van der Waals surface area contributed by atoms with Crippen molar-refractivity contribution in [2.24, 2.45) is 0 Å². The van der Waals surface area contributed by atoms with Crippen molar-refractivity contribution in [1.29, 1.82) is 0 Å². The fraction of sp³-hybridized carbons (Fsp3) is 0.538. The van der Waals surface area contributed by atoms with E-state index >= 15 is 0 Å². The first-order valence-corrected chi connectivity index (χ1v) is 6.35. The molecule has 0 spiro atoms. The lowest BCUT2D eigenvalue weighted by Crippen LogP contribution is -2.21. The lowest BCUT2D eigenvalue weighted by Gasteiger charge is -2.14. The van der Waals surface area contributed by atoms with Gasteiger partial charge in [-0.25, -0.2) is 4.98 Å². The van der Waals surface area contributed by atoms with Gasteiger partial charge < -0.3 is 4.42 Å². The first-order chi connectivity index (χ1) is 8.70.